The van der Waals surface area contributed by atoms with Crippen molar-refractivity contribution in [2.24, 2.45) is 0 Å². The van der Waals surface area contributed by atoms with E-state index in [0.717, 1.165) is 18.4 Å². The first-order valence-electron chi connectivity index (χ1n) is 9.61. The normalized spacial score (nSPS) is 22.1. The Bertz CT molecular complexity index is 627. The zero-order valence-corrected chi connectivity index (χ0v) is 19.5. The summed E-state index contributed by atoms with van der Waals surface area (Å²) in [6, 6.07) is 1.85. The van der Waals surface area contributed by atoms with Crippen molar-refractivity contribution >= 4 is 19.9 Å². The maximum Gasteiger partial charge on any atom is 0.191 e. The molecule has 1 aromatic heterocycles. The van der Waals surface area contributed by atoms with Gasteiger partial charge in [-0.05, 0) is 31.1 Å². The van der Waals surface area contributed by atoms with Crippen LogP contribution in [-0.2, 0) is 19.5 Å². The molecule has 0 radical (unpaired) electrons. The highest BCUT2D eigenvalue weighted by Crippen LogP contribution is 2.42. The van der Waals surface area contributed by atoms with Crippen molar-refractivity contribution in [2.75, 3.05) is 26.9 Å². The smallest absolute Gasteiger partial charge is 0.191 e. The first kappa shape index (κ1) is 22.6. The third-order valence-corrected chi connectivity index (χ3v) is 10.6. The Morgan fingerprint density at radius 1 is 1.37 bits per heavy atom. The summed E-state index contributed by atoms with van der Waals surface area (Å²) in [5.74, 6) is 0.710. The Kier molecular flexibility index (Phi) is 7.36. The molecule has 1 fully saturated rings. The Labute approximate surface area is 169 Å². The number of rotatable bonds is 8. The highest BCUT2D eigenvalue weighted by Gasteiger charge is 2.42. The van der Waals surface area contributed by atoms with Crippen LogP contribution in [0.2, 0.25) is 23.3 Å². The summed E-state index contributed by atoms with van der Waals surface area (Å²) in [5.41, 5.74) is 0.182. The molecule has 2 atom stereocenters. The lowest BCUT2D eigenvalue weighted by Gasteiger charge is -2.36. The minimum absolute atomic E-state index is 0.0109. The second kappa shape index (κ2) is 8.78. The fourth-order valence-electron chi connectivity index (χ4n) is 2.91. The van der Waals surface area contributed by atoms with Crippen LogP contribution < -0.4 is 4.74 Å². The van der Waals surface area contributed by atoms with E-state index in [1.165, 1.54) is 0 Å². The van der Waals surface area contributed by atoms with Crippen LogP contribution in [0.3, 0.4) is 0 Å². The molecule has 2 heterocycles. The summed E-state index contributed by atoms with van der Waals surface area (Å²) >= 11 is 6.43. The SMILES string of the molecule is COC1(c2c(OC(C)CCO[Si](C)(C)C(C)(C)C)ccnc2Cl)CCOC1. The maximum absolute atomic E-state index is 6.43. The van der Waals surface area contributed by atoms with Gasteiger partial charge in [0, 0.05) is 39.4 Å². The standard InChI is InChI=1S/C20H34ClNO4Si/c1-15(9-12-25-27(6,7)19(2,3)4)26-16-8-11-22-18(21)17(16)20(23-5)10-13-24-14-20/h8,11,15H,9-10,12-14H2,1-7H3. The number of hydrogen-bond acceptors (Lipinski definition) is 5. The fraction of sp³-hybridized carbons (Fsp3) is 0.750. The first-order chi connectivity index (χ1) is 12.5. The molecule has 27 heavy (non-hydrogen) atoms. The minimum atomic E-state index is -1.75. The molecule has 1 saturated heterocycles. The largest absolute Gasteiger partial charge is 0.490 e. The zero-order valence-electron chi connectivity index (χ0n) is 17.7. The van der Waals surface area contributed by atoms with Crippen LogP contribution in [0.4, 0.5) is 0 Å². The van der Waals surface area contributed by atoms with Gasteiger partial charge in [0.2, 0.25) is 0 Å². The Hall–Kier alpha value is -0.663. The van der Waals surface area contributed by atoms with E-state index in [-0.39, 0.29) is 11.1 Å². The van der Waals surface area contributed by atoms with Crippen molar-refractivity contribution in [1.29, 1.82) is 0 Å². The zero-order chi connectivity index (χ0) is 20.3. The van der Waals surface area contributed by atoms with Gasteiger partial charge in [-0.1, -0.05) is 32.4 Å². The van der Waals surface area contributed by atoms with Gasteiger partial charge in [0.05, 0.1) is 18.3 Å². The number of pyridine rings is 1. The second-order valence-corrected chi connectivity index (χ2v) is 14.0. The quantitative estimate of drug-likeness (QED) is 0.432. The van der Waals surface area contributed by atoms with E-state index in [1.807, 2.05) is 6.07 Å². The molecule has 0 N–H and O–H groups in total. The lowest BCUT2D eigenvalue weighted by molar-refractivity contribution is -0.0241. The molecular formula is C20H34ClNO4Si. The summed E-state index contributed by atoms with van der Waals surface area (Å²) < 4.78 is 23.9. The molecule has 0 aliphatic carbocycles. The van der Waals surface area contributed by atoms with Gasteiger partial charge in [-0.25, -0.2) is 4.98 Å². The molecule has 0 saturated carbocycles. The number of halogens is 1. The Morgan fingerprint density at radius 3 is 2.63 bits per heavy atom. The molecule has 2 unspecified atom stereocenters. The van der Waals surface area contributed by atoms with Gasteiger partial charge in [0.1, 0.15) is 16.5 Å². The average molecular weight is 416 g/mol. The van der Waals surface area contributed by atoms with Crippen LogP contribution in [0.1, 0.15) is 46.1 Å². The Balaban J connectivity index is 2.06. The topological polar surface area (TPSA) is 49.8 Å². The van der Waals surface area contributed by atoms with Crippen molar-refractivity contribution in [3.63, 3.8) is 0 Å². The van der Waals surface area contributed by atoms with E-state index in [1.54, 1.807) is 13.3 Å². The molecular weight excluding hydrogens is 382 g/mol. The third kappa shape index (κ3) is 5.24. The molecule has 0 amide bonds. The van der Waals surface area contributed by atoms with Crippen molar-refractivity contribution < 1.29 is 18.6 Å². The van der Waals surface area contributed by atoms with Gasteiger partial charge in [-0.15, -0.1) is 0 Å². The van der Waals surface area contributed by atoms with E-state index in [2.05, 4.69) is 45.8 Å². The molecule has 2 rings (SSSR count). The van der Waals surface area contributed by atoms with Crippen molar-refractivity contribution in [3.8, 4) is 5.75 Å². The van der Waals surface area contributed by atoms with E-state index < -0.39 is 13.9 Å². The predicted molar refractivity (Wildman–Crippen MR) is 111 cm³/mol. The Morgan fingerprint density at radius 2 is 2.07 bits per heavy atom. The van der Waals surface area contributed by atoms with E-state index in [9.17, 15) is 0 Å². The van der Waals surface area contributed by atoms with Crippen LogP contribution in [0.15, 0.2) is 12.3 Å². The van der Waals surface area contributed by atoms with Crippen LogP contribution >= 0.6 is 11.6 Å². The molecule has 7 heteroatoms. The summed E-state index contributed by atoms with van der Waals surface area (Å²) in [6.07, 6.45) is 3.19. The van der Waals surface area contributed by atoms with E-state index in [0.29, 0.717) is 30.7 Å². The third-order valence-electron chi connectivity index (χ3n) is 5.82. The average Bonchev–Trinajstić information content (AvgIpc) is 3.03. The number of nitrogens with zero attached hydrogens (tertiary/aromatic N) is 1. The number of aromatic nitrogens is 1. The predicted octanol–water partition coefficient (Wildman–Crippen LogP) is 5.18. The highest BCUT2D eigenvalue weighted by molar-refractivity contribution is 6.74. The van der Waals surface area contributed by atoms with Gasteiger partial charge in [0.15, 0.2) is 8.32 Å². The molecule has 5 nitrogen and oxygen atoms in total. The van der Waals surface area contributed by atoms with Crippen LogP contribution in [0.25, 0.3) is 0 Å². The van der Waals surface area contributed by atoms with Crippen LogP contribution in [0, 0.1) is 0 Å². The minimum Gasteiger partial charge on any atom is -0.490 e. The molecule has 0 bridgehead atoms. The van der Waals surface area contributed by atoms with Crippen LogP contribution in [-0.4, -0.2) is 46.3 Å². The van der Waals surface area contributed by atoms with E-state index >= 15 is 0 Å². The van der Waals surface area contributed by atoms with Crippen LogP contribution in [0.5, 0.6) is 5.75 Å². The fourth-order valence-corrected chi connectivity index (χ4v) is 4.29. The highest BCUT2D eigenvalue weighted by atomic mass is 35.5. The van der Waals surface area contributed by atoms with Gasteiger partial charge in [-0.3, -0.25) is 0 Å². The summed E-state index contributed by atoms with van der Waals surface area (Å²) in [4.78, 5) is 4.24. The lowest BCUT2D eigenvalue weighted by atomic mass is 9.93. The number of hydrogen-bond donors (Lipinski definition) is 0. The van der Waals surface area contributed by atoms with Gasteiger partial charge in [-0.2, -0.15) is 0 Å². The first-order valence-corrected chi connectivity index (χ1v) is 12.9. The van der Waals surface area contributed by atoms with Gasteiger partial charge < -0.3 is 18.6 Å². The summed E-state index contributed by atoms with van der Waals surface area (Å²) in [6.45, 7) is 15.1. The molecule has 154 valence electrons. The van der Waals surface area contributed by atoms with Crippen molar-refractivity contribution in [2.45, 2.75) is 70.4 Å². The van der Waals surface area contributed by atoms with Gasteiger partial charge >= 0.3 is 0 Å². The van der Waals surface area contributed by atoms with E-state index in [4.69, 9.17) is 30.2 Å². The molecule has 1 aromatic rings. The van der Waals surface area contributed by atoms with Crippen molar-refractivity contribution in [1.82, 2.24) is 4.98 Å². The molecule has 1 aliphatic heterocycles. The molecule has 1 aliphatic rings. The maximum atomic E-state index is 6.43. The van der Waals surface area contributed by atoms with Crippen molar-refractivity contribution in [3.05, 3.63) is 23.0 Å². The summed E-state index contributed by atoms with van der Waals surface area (Å²) in [5, 5.41) is 0.612. The number of methoxy groups -OCH3 is 1. The second-order valence-electron chi connectivity index (χ2n) is 8.80. The van der Waals surface area contributed by atoms with Gasteiger partial charge in [0.25, 0.3) is 0 Å². The lowest BCUT2D eigenvalue weighted by Crippen LogP contribution is -2.41. The molecule has 0 aromatic carbocycles. The monoisotopic (exact) mass is 415 g/mol. The summed E-state index contributed by atoms with van der Waals surface area (Å²) in [7, 11) is -0.0670. The number of ether oxygens (including phenoxy) is 3. The molecule has 0 spiro atoms.